The fourth-order valence-electron chi connectivity index (χ4n) is 1.16. The molecule has 0 fully saturated rings. The van der Waals surface area contributed by atoms with Gasteiger partial charge < -0.3 is 4.43 Å². The van der Waals surface area contributed by atoms with E-state index in [-0.39, 0.29) is 6.10 Å². The SMILES string of the molecule is CCCCC(CN=C=S)O[SiH](C)C. The molecule has 0 aromatic heterocycles. The van der Waals surface area contributed by atoms with Gasteiger partial charge in [-0.3, -0.25) is 0 Å². The Morgan fingerprint density at radius 2 is 2.23 bits per heavy atom. The second-order valence-corrected chi connectivity index (χ2v) is 5.93. The molecule has 2 nitrogen and oxygen atoms in total. The van der Waals surface area contributed by atoms with Gasteiger partial charge >= 0.3 is 0 Å². The van der Waals surface area contributed by atoms with Gasteiger partial charge in [-0.25, -0.2) is 4.99 Å². The minimum atomic E-state index is -0.935. The summed E-state index contributed by atoms with van der Waals surface area (Å²) in [5.74, 6) is 0. The summed E-state index contributed by atoms with van der Waals surface area (Å²) in [5, 5.41) is 2.39. The van der Waals surface area contributed by atoms with Crippen molar-refractivity contribution >= 4 is 26.4 Å². The van der Waals surface area contributed by atoms with Crippen LogP contribution in [-0.2, 0) is 4.43 Å². The van der Waals surface area contributed by atoms with E-state index in [1.165, 1.54) is 12.8 Å². The van der Waals surface area contributed by atoms with E-state index in [4.69, 9.17) is 4.43 Å². The molecule has 0 saturated carbocycles. The molecule has 0 aliphatic heterocycles. The number of isothiocyanates is 1. The fraction of sp³-hybridized carbons (Fsp3) is 0.889. The minimum absolute atomic E-state index is 0.280. The van der Waals surface area contributed by atoms with Crippen LogP contribution < -0.4 is 0 Å². The van der Waals surface area contributed by atoms with Gasteiger partial charge in [0.15, 0.2) is 9.04 Å². The lowest BCUT2D eigenvalue weighted by Crippen LogP contribution is -2.23. The van der Waals surface area contributed by atoms with Crippen LogP contribution in [0.15, 0.2) is 4.99 Å². The zero-order chi connectivity index (χ0) is 10.1. The summed E-state index contributed by atoms with van der Waals surface area (Å²) >= 11 is 4.54. The van der Waals surface area contributed by atoms with E-state index in [2.05, 4.69) is 42.4 Å². The molecule has 0 saturated heterocycles. The van der Waals surface area contributed by atoms with Crippen molar-refractivity contribution in [1.29, 1.82) is 0 Å². The molecule has 1 atom stereocenters. The zero-order valence-electron chi connectivity index (χ0n) is 8.75. The smallest absolute Gasteiger partial charge is 0.171 e. The number of nitrogens with zero attached hydrogens (tertiary/aromatic N) is 1. The number of rotatable bonds is 7. The Kier molecular flexibility index (Phi) is 8.55. The summed E-state index contributed by atoms with van der Waals surface area (Å²) in [6.45, 7) is 7.24. The highest BCUT2D eigenvalue weighted by Crippen LogP contribution is 2.06. The van der Waals surface area contributed by atoms with Crippen LogP contribution in [0.25, 0.3) is 0 Å². The largest absolute Gasteiger partial charge is 0.416 e. The molecule has 0 bridgehead atoms. The Bertz CT molecular complexity index is 169. The molecule has 0 radical (unpaired) electrons. The van der Waals surface area contributed by atoms with E-state index in [9.17, 15) is 0 Å². The summed E-state index contributed by atoms with van der Waals surface area (Å²) in [6.07, 6.45) is 3.80. The first-order chi connectivity index (χ1) is 6.20. The third-order valence-corrected chi connectivity index (χ3v) is 2.76. The quantitative estimate of drug-likeness (QED) is 0.371. The average molecular weight is 217 g/mol. The van der Waals surface area contributed by atoms with E-state index >= 15 is 0 Å². The molecule has 4 heteroatoms. The maximum Gasteiger partial charge on any atom is 0.171 e. The molecule has 0 amide bonds. The third-order valence-electron chi connectivity index (χ3n) is 1.70. The molecule has 76 valence electrons. The summed E-state index contributed by atoms with van der Waals surface area (Å²) in [6, 6.07) is 0. The van der Waals surface area contributed by atoms with Gasteiger partial charge in [-0.05, 0) is 31.7 Å². The molecule has 0 N–H and O–H groups in total. The molecule has 0 heterocycles. The third kappa shape index (κ3) is 8.31. The van der Waals surface area contributed by atoms with Crippen LogP contribution in [-0.4, -0.2) is 26.9 Å². The summed E-state index contributed by atoms with van der Waals surface area (Å²) in [4.78, 5) is 3.94. The predicted octanol–water partition coefficient (Wildman–Crippen LogP) is 2.65. The van der Waals surface area contributed by atoms with Crippen molar-refractivity contribution in [3.8, 4) is 0 Å². The van der Waals surface area contributed by atoms with E-state index in [1.54, 1.807) is 0 Å². The second kappa shape index (κ2) is 8.57. The highest BCUT2D eigenvalue weighted by molar-refractivity contribution is 7.78. The molecule has 13 heavy (non-hydrogen) atoms. The number of hydrogen-bond donors (Lipinski definition) is 0. The lowest BCUT2D eigenvalue weighted by atomic mass is 10.2. The predicted molar refractivity (Wildman–Crippen MR) is 63.2 cm³/mol. The fourth-order valence-corrected chi connectivity index (χ4v) is 2.22. The van der Waals surface area contributed by atoms with Crippen molar-refractivity contribution in [1.82, 2.24) is 0 Å². The Labute approximate surface area is 88.1 Å². The van der Waals surface area contributed by atoms with Gasteiger partial charge in [0.2, 0.25) is 0 Å². The first kappa shape index (κ1) is 13.0. The Balaban J connectivity index is 3.79. The number of unbranched alkanes of at least 4 members (excludes halogenated alkanes) is 1. The van der Waals surface area contributed by atoms with Crippen LogP contribution in [0.2, 0.25) is 13.1 Å². The molecule has 0 rings (SSSR count). The van der Waals surface area contributed by atoms with Crippen LogP contribution in [0.5, 0.6) is 0 Å². The zero-order valence-corrected chi connectivity index (χ0v) is 10.7. The standard InChI is InChI=1S/C9H19NOSSi/c1-4-5-6-9(7-10-8-12)11-13(2)3/h9,13H,4-7H2,1-3H3. The average Bonchev–Trinajstić information content (AvgIpc) is 2.09. The molecule has 0 aliphatic carbocycles. The van der Waals surface area contributed by atoms with Gasteiger partial charge in [0.25, 0.3) is 0 Å². The lowest BCUT2D eigenvalue weighted by Gasteiger charge is -2.17. The highest BCUT2D eigenvalue weighted by atomic mass is 32.1. The molecule has 1 unspecified atom stereocenters. The van der Waals surface area contributed by atoms with Gasteiger partial charge in [-0.15, -0.1) is 0 Å². The number of aliphatic imine (C=N–C) groups is 1. The van der Waals surface area contributed by atoms with Gasteiger partial charge in [-0.2, -0.15) is 0 Å². The molecule has 0 aromatic rings. The Hall–Kier alpha value is -0.0231. The summed E-state index contributed by atoms with van der Waals surface area (Å²) in [7, 11) is -0.935. The van der Waals surface area contributed by atoms with Gasteiger partial charge in [0.05, 0.1) is 17.8 Å². The van der Waals surface area contributed by atoms with E-state index in [0.717, 1.165) is 6.42 Å². The van der Waals surface area contributed by atoms with Crippen molar-refractivity contribution in [2.75, 3.05) is 6.54 Å². The molecule has 0 aromatic carbocycles. The number of thiocarbonyl (C=S) groups is 1. The maximum atomic E-state index is 5.81. The number of hydrogen-bond acceptors (Lipinski definition) is 3. The molecule has 0 spiro atoms. The van der Waals surface area contributed by atoms with Gasteiger partial charge in [-0.1, -0.05) is 19.8 Å². The van der Waals surface area contributed by atoms with Gasteiger partial charge in [0, 0.05) is 0 Å². The lowest BCUT2D eigenvalue weighted by molar-refractivity contribution is 0.199. The summed E-state index contributed by atoms with van der Waals surface area (Å²) in [5.41, 5.74) is 0. The van der Waals surface area contributed by atoms with Crippen LogP contribution >= 0.6 is 12.2 Å². The van der Waals surface area contributed by atoms with E-state index < -0.39 is 9.04 Å². The van der Waals surface area contributed by atoms with Crippen LogP contribution in [0.1, 0.15) is 26.2 Å². The Morgan fingerprint density at radius 1 is 1.54 bits per heavy atom. The highest BCUT2D eigenvalue weighted by Gasteiger charge is 2.09. The second-order valence-electron chi connectivity index (χ2n) is 3.38. The van der Waals surface area contributed by atoms with Crippen molar-refractivity contribution in [2.24, 2.45) is 4.99 Å². The normalized spacial score (nSPS) is 12.6. The van der Waals surface area contributed by atoms with Crippen LogP contribution in [0.3, 0.4) is 0 Å². The molecule has 0 aliphatic rings. The summed E-state index contributed by atoms with van der Waals surface area (Å²) < 4.78 is 5.81. The van der Waals surface area contributed by atoms with E-state index in [1.807, 2.05) is 0 Å². The van der Waals surface area contributed by atoms with Crippen LogP contribution in [0.4, 0.5) is 0 Å². The van der Waals surface area contributed by atoms with Crippen molar-refractivity contribution in [2.45, 2.75) is 45.4 Å². The minimum Gasteiger partial charge on any atom is -0.416 e. The molecular weight excluding hydrogens is 198 g/mol. The first-order valence-corrected chi connectivity index (χ1v) is 8.08. The van der Waals surface area contributed by atoms with E-state index in [0.29, 0.717) is 6.54 Å². The van der Waals surface area contributed by atoms with Crippen LogP contribution in [0, 0.1) is 0 Å². The maximum absolute atomic E-state index is 5.81. The van der Waals surface area contributed by atoms with Crippen molar-refractivity contribution in [3.63, 3.8) is 0 Å². The van der Waals surface area contributed by atoms with Gasteiger partial charge in [0.1, 0.15) is 0 Å². The van der Waals surface area contributed by atoms with Crippen molar-refractivity contribution < 1.29 is 4.43 Å². The topological polar surface area (TPSA) is 21.6 Å². The first-order valence-electron chi connectivity index (χ1n) is 4.89. The van der Waals surface area contributed by atoms with Crippen molar-refractivity contribution in [3.05, 3.63) is 0 Å². The molecular formula is C9H19NOSSi. The monoisotopic (exact) mass is 217 g/mol. The Morgan fingerprint density at radius 3 is 2.69 bits per heavy atom.